The van der Waals surface area contributed by atoms with Crippen LogP contribution in [0.2, 0.25) is 0 Å². The van der Waals surface area contributed by atoms with E-state index in [0.717, 1.165) is 24.3 Å². The molecule has 2 aliphatic carbocycles. The van der Waals surface area contributed by atoms with Gasteiger partial charge in [0.05, 0.1) is 13.5 Å². The lowest BCUT2D eigenvalue weighted by atomic mass is 9.81. The van der Waals surface area contributed by atoms with Crippen molar-refractivity contribution in [2.24, 2.45) is 11.8 Å². The molecule has 2 aliphatic rings. The Morgan fingerprint density at radius 2 is 1.84 bits per heavy atom. The van der Waals surface area contributed by atoms with Gasteiger partial charge in [0.15, 0.2) is 11.5 Å². The first-order valence-electron chi connectivity index (χ1n) is 9.47. The minimum Gasteiger partial charge on any atom is -0.504 e. The van der Waals surface area contributed by atoms with Gasteiger partial charge in [-0.1, -0.05) is 24.6 Å². The molecular formula is C21H29NO3. The zero-order valence-corrected chi connectivity index (χ0v) is 15.0. The number of carbonyl (C=O) groups excluding carboxylic acids is 1. The summed E-state index contributed by atoms with van der Waals surface area (Å²) in [5.74, 6) is 2.07. The van der Waals surface area contributed by atoms with E-state index in [1.165, 1.54) is 39.2 Å². The third-order valence-corrected chi connectivity index (χ3v) is 5.55. The Hall–Kier alpha value is -1.97. The molecule has 0 aliphatic heterocycles. The first-order valence-corrected chi connectivity index (χ1v) is 9.47. The van der Waals surface area contributed by atoms with Gasteiger partial charge in [-0.25, -0.2) is 0 Å². The molecule has 2 saturated carbocycles. The van der Waals surface area contributed by atoms with Crippen molar-refractivity contribution in [3.63, 3.8) is 0 Å². The van der Waals surface area contributed by atoms with E-state index in [1.54, 1.807) is 18.2 Å². The normalized spacial score (nSPS) is 24.0. The average molecular weight is 343 g/mol. The summed E-state index contributed by atoms with van der Waals surface area (Å²) in [6, 6.07) is 5.34. The van der Waals surface area contributed by atoms with E-state index in [-0.39, 0.29) is 11.7 Å². The van der Waals surface area contributed by atoms with Gasteiger partial charge in [-0.3, -0.25) is 4.79 Å². The van der Waals surface area contributed by atoms with E-state index in [9.17, 15) is 9.90 Å². The van der Waals surface area contributed by atoms with Crippen molar-refractivity contribution in [3.05, 3.63) is 35.9 Å². The van der Waals surface area contributed by atoms with Crippen molar-refractivity contribution in [2.45, 2.75) is 57.4 Å². The van der Waals surface area contributed by atoms with Gasteiger partial charge in [0.25, 0.3) is 0 Å². The average Bonchev–Trinajstić information content (AvgIpc) is 2.56. The molecule has 1 amide bonds. The molecular weight excluding hydrogens is 314 g/mol. The molecule has 0 unspecified atom stereocenters. The minimum atomic E-state index is 0.0428. The highest BCUT2D eigenvalue weighted by molar-refractivity contribution is 5.79. The number of phenolic OH excluding ortho intramolecular Hbond substituents is 1. The summed E-state index contributed by atoms with van der Waals surface area (Å²) in [7, 11) is 1.51. The maximum atomic E-state index is 12.3. The SMILES string of the molecule is COc1cc(CC(=O)NC2CCC(/C=C/C3CCC3)CC2)ccc1O. The molecule has 0 saturated heterocycles. The predicted octanol–water partition coefficient (Wildman–Crippen LogP) is 3.97. The molecule has 0 heterocycles. The second kappa shape index (κ2) is 8.41. The fourth-order valence-electron chi connectivity index (χ4n) is 3.70. The summed E-state index contributed by atoms with van der Waals surface area (Å²) >= 11 is 0. The van der Waals surface area contributed by atoms with Gasteiger partial charge in [0, 0.05) is 6.04 Å². The number of hydrogen-bond acceptors (Lipinski definition) is 3. The van der Waals surface area contributed by atoms with E-state index in [2.05, 4.69) is 17.5 Å². The Labute approximate surface area is 150 Å². The molecule has 0 atom stereocenters. The standard InChI is InChI=1S/C21H29NO3/c1-25-20-13-17(9-12-19(20)23)14-21(24)22-18-10-7-16(8-11-18)6-5-15-3-2-4-15/h5-6,9,12-13,15-16,18,23H,2-4,7-8,10-11,14H2,1H3,(H,22,24)/b6-5+. The van der Waals surface area contributed by atoms with Crippen LogP contribution in [0.1, 0.15) is 50.5 Å². The number of phenols is 1. The van der Waals surface area contributed by atoms with Crippen LogP contribution in [0.5, 0.6) is 11.5 Å². The molecule has 2 N–H and O–H groups in total. The molecule has 2 fully saturated rings. The summed E-state index contributed by atoms with van der Waals surface area (Å²) in [6.45, 7) is 0. The van der Waals surface area contributed by atoms with Gasteiger partial charge in [0.2, 0.25) is 5.91 Å². The summed E-state index contributed by atoms with van der Waals surface area (Å²) < 4.78 is 5.09. The summed E-state index contributed by atoms with van der Waals surface area (Å²) in [5.41, 5.74) is 0.851. The molecule has 4 nitrogen and oxygen atoms in total. The number of rotatable bonds is 6. The maximum Gasteiger partial charge on any atom is 0.224 e. The second-order valence-electron chi connectivity index (χ2n) is 7.44. The molecule has 25 heavy (non-hydrogen) atoms. The van der Waals surface area contributed by atoms with Crippen molar-refractivity contribution in [1.82, 2.24) is 5.32 Å². The monoisotopic (exact) mass is 343 g/mol. The van der Waals surface area contributed by atoms with Gasteiger partial charge in [-0.05, 0) is 68.1 Å². The van der Waals surface area contributed by atoms with Crippen LogP contribution in [0.4, 0.5) is 0 Å². The zero-order valence-electron chi connectivity index (χ0n) is 15.0. The first kappa shape index (κ1) is 17.8. The summed E-state index contributed by atoms with van der Waals surface area (Å²) in [4.78, 5) is 12.3. The number of carbonyl (C=O) groups is 1. The van der Waals surface area contributed by atoms with Crippen LogP contribution in [-0.4, -0.2) is 24.2 Å². The van der Waals surface area contributed by atoms with Crippen molar-refractivity contribution in [3.8, 4) is 11.5 Å². The van der Waals surface area contributed by atoms with Crippen LogP contribution in [0.3, 0.4) is 0 Å². The molecule has 4 heteroatoms. The van der Waals surface area contributed by atoms with Crippen molar-refractivity contribution >= 4 is 5.91 Å². The van der Waals surface area contributed by atoms with E-state index in [1.807, 2.05) is 0 Å². The van der Waals surface area contributed by atoms with Crippen LogP contribution in [0.15, 0.2) is 30.4 Å². The van der Waals surface area contributed by atoms with Gasteiger partial charge < -0.3 is 15.2 Å². The first-order chi connectivity index (χ1) is 12.1. The molecule has 1 aromatic carbocycles. The fourth-order valence-corrected chi connectivity index (χ4v) is 3.70. The Balaban J connectivity index is 1.42. The van der Waals surface area contributed by atoms with Crippen LogP contribution >= 0.6 is 0 Å². The van der Waals surface area contributed by atoms with Crippen LogP contribution in [-0.2, 0) is 11.2 Å². The van der Waals surface area contributed by atoms with Crippen LogP contribution in [0, 0.1) is 11.8 Å². The van der Waals surface area contributed by atoms with Gasteiger partial charge in [0.1, 0.15) is 0 Å². The van der Waals surface area contributed by atoms with Crippen molar-refractivity contribution < 1.29 is 14.6 Å². The van der Waals surface area contributed by atoms with Gasteiger partial charge in [-0.15, -0.1) is 0 Å². The summed E-state index contributed by atoms with van der Waals surface area (Å²) in [5, 5.41) is 12.8. The van der Waals surface area contributed by atoms with Gasteiger partial charge in [-0.2, -0.15) is 0 Å². The highest BCUT2D eigenvalue weighted by atomic mass is 16.5. The number of allylic oxidation sites excluding steroid dienone is 2. The number of hydrogen-bond donors (Lipinski definition) is 2. The van der Waals surface area contributed by atoms with Crippen LogP contribution in [0.25, 0.3) is 0 Å². The fraction of sp³-hybridized carbons (Fsp3) is 0.571. The van der Waals surface area contributed by atoms with E-state index >= 15 is 0 Å². The number of methoxy groups -OCH3 is 1. The van der Waals surface area contributed by atoms with Crippen molar-refractivity contribution in [2.75, 3.05) is 7.11 Å². The Bertz CT molecular complexity index is 614. The molecule has 0 bridgehead atoms. The molecule has 0 spiro atoms. The lowest BCUT2D eigenvalue weighted by Gasteiger charge is -2.28. The van der Waals surface area contributed by atoms with E-state index in [0.29, 0.717) is 24.1 Å². The van der Waals surface area contributed by atoms with Gasteiger partial charge >= 0.3 is 0 Å². The Morgan fingerprint density at radius 3 is 2.44 bits per heavy atom. The maximum absolute atomic E-state index is 12.3. The topological polar surface area (TPSA) is 58.6 Å². The van der Waals surface area contributed by atoms with E-state index in [4.69, 9.17) is 4.74 Å². The molecule has 3 rings (SSSR count). The highest BCUT2D eigenvalue weighted by Gasteiger charge is 2.22. The lowest BCUT2D eigenvalue weighted by molar-refractivity contribution is -0.121. The largest absolute Gasteiger partial charge is 0.504 e. The Kier molecular flexibility index (Phi) is 6.00. The quantitative estimate of drug-likeness (QED) is 0.768. The Morgan fingerprint density at radius 1 is 1.16 bits per heavy atom. The predicted molar refractivity (Wildman–Crippen MR) is 98.7 cm³/mol. The minimum absolute atomic E-state index is 0.0428. The summed E-state index contributed by atoms with van der Waals surface area (Å²) in [6.07, 6.45) is 13.7. The highest BCUT2D eigenvalue weighted by Crippen LogP contribution is 2.31. The molecule has 0 radical (unpaired) electrons. The molecule has 1 aromatic rings. The molecule has 136 valence electrons. The lowest BCUT2D eigenvalue weighted by Crippen LogP contribution is -2.38. The number of benzene rings is 1. The number of amides is 1. The third kappa shape index (κ3) is 5.00. The third-order valence-electron chi connectivity index (χ3n) is 5.55. The second-order valence-corrected chi connectivity index (χ2v) is 7.44. The smallest absolute Gasteiger partial charge is 0.224 e. The molecule has 0 aromatic heterocycles. The van der Waals surface area contributed by atoms with Crippen LogP contribution < -0.4 is 10.1 Å². The number of ether oxygens (including phenoxy) is 1. The van der Waals surface area contributed by atoms with Crippen molar-refractivity contribution in [1.29, 1.82) is 0 Å². The number of aromatic hydroxyl groups is 1. The van der Waals surface area contributed by atoms with E-state index < -0.39 is 0 Å². The zero-order chi connectivity index (χ0) is 17.6. The number of nitrogens with one attached hydrogen (secondary N) is 1.